The zero-order valence-corrected chi connectivity index (χ0v) is 18.1. The van der Waals surface area contributed by atoms with Crippen molar-refractivity contribution < 1.29 is 9.47 Å². The molecule has 0 bridgehead atoms. The zero-order chi connectivity index (χ0) is 22.1. The minimum atomic E-state index is 0.619. The summed E-state index contributed by atoms with van der Waals surface area (Å²) in [5.74, 6) is 2.73. The molecule has 160 valence electrons. The van der Waals surface area contributed by atoms with Crippen LogP contribution in [-0.4, -0.2) is 34.2 Å². The van der Waals surface area contributed by atoms with E-state index in [4.69, 9.17) is 9.47 Å². The van der Waals surface area contributed by atoms with Crippen molar-refractivity contribution in [3.05, 3.63) is 72.3 Å². The Morgan fingerprint density at radius 2 is 1.78 bits per heavy atom. The molecule has 0 amide bonds. The number of rotatable bonds is 6. The topological polar surface area (TPSA) is 85.0 Å². The van der Waals surface area contributed by atoms with Gasteiger partial charge in [0.15, 0.2) is 11.5 Å². The third-order valence-corrected chi connectivity index (χ3v) is 5.43. The predicted octanol–water partition coefficient (Wildman–Crippen LogP) is 5.11. The van der Waals surface area contributed by atoms with Crippen molar-refractivity contribution >= 4 is 27.8 Å². The highest BCUT2D eigenvalue weighted by molar-refractivity contribution is 5.92. The highest BCUT2D eigenvalue weighted by Gasteiger charge is 2.12. The first kappa shape index (κ1) is 19.8. The number of methoxy groups -OCH3 is 2. The molecule has 32 heavy (non-hydrogen) atoms. The normalized spacial score (nSPS) is 11.1. The van der Waals surface area contributed by atoms with E-state index in [0.29, 0.717) is 23.9 Å². The van der Waals surface area contributed by atoms with Crippen molar-refractivity contribution in [1.82, 2.24) is 19.9 Å². The third kappa shape index (κ3) is 3.69. The summed E-state index contributed by atoms with van der Waals surface area (Å²) in [4.78, 5) is 16.8. The number of aryl methyl sites for hydroxylation is 1. The summed E-state index contributed by atoms with van der Waals surface area (Å²) >= 11 is 0. The summed E-state index contributed by atoms with van der Waals surface area (Å²) in [7, 11) is 3.24. The first-order valence-electron chi connectivity index (χ1n) is 10.3. The van der Waals surface area contributed by atoms with E-state index in [9.17, 15) is 0 Å². The van der Waals surface area contributed by atoms with Gasteiger partial charge < -0.3 is 19.8 Å². The van der Waals surface area contributed by atoms with Gasteiger partial charge in [-0.2, -0.15) is 0 Å². The number of hydrogen-bond acceptors (Lipinski definition) is 6. The summed E-state index contributed by atoms with van der Waals surface area (Å²) < 4.78 is 10.9. The molecule has 0 spiro atoms. The molecule has 5 rings (SSSR count). The highest BCUT2D eigenvalue weighted by atomic mass is 16.5. The molecule has 0 aliphatic heterocycles. The Morgan fingerprint density at radius 3 is 2.62 bits per heavy atom. The van der Waals surface area contributed by atoms with E-state index in [1.807, 2.05) is 37.5 Å². The molecule has 0 fully saturated rings. The molecule has 0 unspecified atom stereocenters. The van der Waals surface area contributed by atoms with E-state index in [0.717, 1.165) is 44.4 Å². The Balaban J connectivity index is 1.45. The van der Waals surface area contributed by atoms with Gasteiger partial charge in [-0.05, 0) is 42.3 Å². The maximum absolute atomic E-state index is 5.47. The molecule has 0 saturated carbocycles. The fourth-order valence-corrected chi connectivity index (χ4v) is 3.85. The van der Waals surface area contributed by atoms with Crippen LogP contribution < -0.4 is 14.8 Å². The molecule has 0 radical (unpaired) electrons. The van der Waals surface area contributed by atoms with Crippen molar-refractivity contribution in [2.24, 2.45) is 0 Å². The second-order valence-corrected chi connectivity index (χ2v) is 7.54. The van der Waals surface area contributed by atoms with Crippen LogP contribution in [0, 0.1) is 6.92 Å². The van der Waals surface area contributed by atoms with Gasteiger partial charge in [0, 0.05) is 41.3 Å². The van der Waals surface area contributed by atoms with Gasteiger partial charge in [-0.3, -0.25) is 0 Å². The molecule has 2 N–H and O–H groups in total. The molecule has 2 aromatic carbocycles. The second kappa shape index (κ2) is 8.19. The maximum Gasteiger partial charge on any atom is 0.162 e. The van der Waals surface area contributed by atoms with Crippen molar-refractivity contribution in [3.63, 3.8) is 0 Å². The molecule has 0 aliphatic rings. The highest BCUT2D eigenvalue weighted by Crippen LogP contribution is 2.34. The first-order valence-corrected chi connectivity index (χ1v) is 10.3. The van der Waals surface area contributed by atoms with Crippen LogP contribution in [0.2, 0.25) is 0 Å². The minimum Gasteiger partial charge on any atom is -0.493 e. The summed E-state index contributed by atoms with van der Waals surface area (Å²) in [5, 5.41) is 5.45. The molecular weight excluding hydrogens is 402 g/mol. The van der Waals surface area contributed by atoms with Crippen LogP contribution in [0.15, 0.2) is 60.9 Å². The smallest absolute Gasteiger partial charge is 0.162 e. The number of ether oxygens (including phenoxy) is 2. The van der Waals surface area contributed by atoms with E-state index in [-0.39, 0.29) is 0 Å². The molecule has 3 aromatic heterocycles. The Labute approximate surface area is 185 Å². The molecule has 0 atom stereocenters. The van der Waals surface area contributed by atoms with Gasteiger partial charge in [-0.25, -0.2) is 15.0 Å². The number of pyridine rings is 1. The van der Waals surface area contributed by atoms with E-state index < -0.39 is 0 Å². The largest absolute Gasteiger partial charge is 0.493 e. The number of fused-ring (bicyclic) bond motifs is 2. The van der Waals surface area contributed by atoms with Gasteiger partial charge >= 0.3 is 0 Å². The standard InChI is InChI=1S/C25H23N5O2/c1-15-29-21-12-23(32-3)22(31-2)11-20(21)25(30-15)27-13-16-5-4-6-17(9-16)19-10-18-7-8-26-24(18)28-14-19/h4-12,14H,13H2,1-3H3,(H,26,28)(H,27,29,30). The van der Waals surface area contributed by atoms with Crippen LogP contribution in [0.1, 0.15) is 11.4 Å². The van der Waals surface area contributed by atoms with Crippen molar-refractivity contribution in [1.29, 1.82) is 0 Å². The molecule has 0 aliphatic carbocycles. The van der Waals surface area contributed by atoms with Crippen LogP contribution in [0.3, 0.4) is 0 Å². The number of anilines is 1. The number of aromatic nitrogens is 4. The minimum absolute atomic E-state index is 0.619. The fourth-order valence-electron chi connectivity index (χ4n) is 3.85. The zero-order valence-electron chi connectivity index (χ0n) is 18.1. The van der Waals surface area contributed by atoms with Gasteiger partial charge in [0.2, 0.25) is 0 Å². The molecule has 7 heteroatoms. The summed E-state index contributed by atoms with van der Waals surface area (Å²) in [5.41, 5.74) is 5.04. The van der Waals surface area contributed by atoms with Crippen LogP contribution in [0.4, 0.5) is 5.82 Å². The first-order chi connectivity index (χ1) is 15.6. The van der Waals surface area contributed by atoms with Crippen LogP contribution in [0.25, 0.3) is 33.1 Å². The number of hydrogen-bond donors (Lipinski definition) is 2. The maximum atomic E-state index is 5.47. The predicted molar refractivity (Wildman–Crippen MR) is 126 cm³/mol. The van der Waals surface area contributed by atoms with E-state index >= 15 is 0 Å². The molecule has 7 nitrogen and oxygen atoms in total. The lowest BCUT2D eigenvalue weighted by Gasteiger charge is -2.13. The lowest BCUT2D eigenvalue weighted by molar-refractivity contribution is 0.356. The Hall–Kier alpha value is -4.13. The van der Waals surface area contributed by atoms with Crippen molar-refractivity contribution in [2.75, 3.05) is 19.5 Å². The SMILES string of the molecule is COc1cc2nc(C)nc(NCc3cccc(-c4cnc5[nH]ccc5c4)c3)c2cc1OC. The van der Waals surface area contributed by atoms with Gasteiger partial charge in [-0.1, -0.05) is 18.2 Å². The van der Waals surface area contributed by atoms with Gasteiger partial charge in [0.25, 0.3) is 0 Å². The van der Waals surface area contributed by atoms with Crippen molar-refractivity contribution in [3.8, 4) is 22.6 Å². The van der Waals surface area contributed by atoms with E-state index in [1.54, 1.807) is 14.2 Å². The number of nitrogens with one attached hydrogen (secondary N) is 2. The number of benzene rings is 2. The van der Waals surface area contributed by atoms with E-state index in [1.165, 1.54) is 0 Å². The summed E-state index contributed by atoms with van der Waals surface area (Å²) in [6, 6.07) is 16.4. The molecule has 5 aromatic rings. The lowest BCUT2D eigenvalue weighted by atomic mass is 10.0. The van der Waals surface area contributed by atoms with E-state index in [2.05, 4.69) is 55.6 Å². The number of H-pyrrole nitrogens is 1. The van der Waals surface area contributed by atoms with Gasteiger partial charge in [0.1, 0.15) is 17.3 Å². The Kier molecular flexibility index (Phi) is 5.07. The third-order valence-electron chi connectivity index (χ3n) is 5.43. The molecular formula is C25H23N5O2. The number of nitrogens with zero attached hydrogens (tertiary/aromatic N) is 3. The van der Waals surface area contributed by atoms with Crippen LogP contribution >= 0.6 is 0 Å². The summed E-state index contributed by atoms with van der Waals surface area (Å²) in [6.07, 6.45) is 3.80. The Bertz CT molecular complexity index is 1430. The summed E-state index contributed by atoms with van der Waals surface area (Å²) in [6.45, 7) is 2.50. The molecule has 3 heterocycles. The quantitative estimate of drug-likeness (QED) is 0.393. The van der Waals surface area contributed by atoms with Gasteiger partial charge in [0.05, 0.1) is 19.7 Å². The number of aromatic amines is 1. The molecule has 0 saturated heterocycles. The van der Waals surface area contributed by atoms with Crippen LogP contribution in [-0.2, 0) is 6.54 Å². The van der Waals surface area contributed by atoms with Gasteiger partial charge in [-0.15, -0.1) is 0 Å². The Morgan fingerprint density at radius 1 is 0.938 bits per heavy atom. The second-order valence-electron chi connectivity index (χ2n) is 7.54. The average Bonchev–Trinajstić information content (AvgIpc) is 3.29. The average molecular weight is 425 g/mol. The lowest BCUT2D eigenvalue weighted by Crippen LogP contribution is -2.05. The van der Waals surface area contributed by atoms with Crippen LogP contribution in [0.5, 0.6) is 11.5 Å². The monoisotopic (exact) mass is 425 g/mol. The fraction of sp³-hybridized carbons (Fsp3) is 0.160. The van der Waals surface area contributed by atoms with Crippen molar-refractivity contribution in [2.45, 2.75) is 13.5 Å².